The normalized spacial score (nSPS) is 12.8. The van der Waals surface area contributed by atoms with E-state index in [-0.39, 0.29) is 17.8 Å². The van der Waals surface area contributed by atoms with Crippen LogP contribution in [-0.2, 0) is 0 Å². The SMILES string of the molecule is CC(C(=N)c1ccccc1/C(N)=N/c1nc2c(ccc3ccccc32)o1)c1ccncc1. The van der Waals surface area contributed by atoms with Crippen molar-refractivity contribution >= 4 is 39.4 Å². The van der Waals surface area contributed by atoms with Crippen LogP contribution in [0.1, 0.15) is 29.5 Å². The molecule has 3 N–H and O–H groups in total. The molecule has 0 aliphatic heterocycles. The van der Waals surface area contributed by atoms with Gasteiger partial charge in [-0.15, -0.1) is 0 Å². The second kappa shape index (κ2) is 8.07. The Hall–Kier alpha value is -4.32. The third-order valence-electron chi connectivity index (χ3n) is 5.62. The number of fused-ring (bicyclic) bond motifs is 3. The summed E-state index contributed by atoms with van der Waals surface area (Å²) in [6.07, 6.45) is 3.47. The van der Waals surface area contributed by atoms with Gasteiger partial charge in [0.25, 0.3) is 0 Å². The van der Waals surface area contributed by atoms with Crippen LogP contribution in [0.4, 0.5) is 6.01 Å². The van der Waals surface area contributed by atoms with Gasteiger partial charge in [0.1, 0.15) is 11.4 Å². The number of aliphatic imine (C=N–C) groups is 1. The highest BCUT2D eigenvalue weighted by molar-refractivity contribution is 6.13. The second-order valence-corrected chi connectivity index (χ2v) is 7.59. The van der Waals surface area contributed by atoms with Crippen LogP contribution in [0.5, 0.6) is 0 Å². The predicted octanol–water partition coefficient (Wildman–Crippen LogP) is 5.58. The summed E-state index contributed by atoms with van der Waals surface area (Å²) in [7, 11) is 0. The molecular weight excluding hydrogens is 398 g/mol. The molecule has 0 amide bonds. The van der Waals surface area contributed by atoms with Gasteiger partial charge in [0.2, 0.25) is 0 Å². The fourth-order valence-corrected chi connectivity index (χ4v) is 3.85. The Bertz CT molecular complexity index is 1470. The highest BCUT2D eigenvalue weighted by atomic mass is 16.4. The first kappa shape index (κ1) is 19.6. The highest BCUT2D eigenvalue weighted by Gasteiger charge is 2.18. The average Bonchev–Trinajstić information content (AvgIpc) is 3.26. The molecule has 2 aromatic heterocycles. The predicted molar refractivity (Wildman–Crippen MR) is 128 cm³/mol. The fourth-order valence-electron chi connectivity index (χ4n) is 3.85. The largest absolute Gasteiger partial charge is 0.422 e. The zero-order valence-electron chi connectivity index (χ0n) is 17.5. The van der Waals surface area contributed by atoms with Crippen LogP contribution in [0.3, 0.4) is 0 Å². The molecule has 2 heterocycles. The molecule has 3 aromatic carbocycles. The zero-order valence-corrected chi connectivity index (χ0v) is 17.5. The molecule has 5 rings (SSSR count). The third-order valence-corrected chi connectivity index (χ3v) is 5.62. The van der Waals surface area contributed by atoms with Gasteiger partial charge in [-0.25, -0.2) is 0 Å². The highest BCUT2D eigenvalue weighted by Crippen LogP contribution is 2.29. The van der Waals surface area contributed by atoms with Crippen LogP contribution < -0.4 is 5.73 Å². The Morgan fingerprint density at radius 1 is 0.938 bits per heavy atom. The average molecular weight is 419 g/mol. The lowest BCUT2D eigenvalue weighted by molar-refractivity contribution is 0.613. The van der Waals surface area contributed by atoms with E-state index in [0.29, 0.717) is 16.9 Å². The summed E-state index contributed by atoms with van der Waals surface area (Å²) in [6.45, 7) is 1.99. The maximum Gasteiger partial charge on any atom is 0.324 e. The molecule has 5 aromatic rings. The van der Waals surface area contributed by atoms with Crippen molar-refractivity contribution in [2.45, 2.75) is 12.8 Å². The number of hydrogen-bond donors (Lipinski definition) is 2. The van der Waals surface area contributed by atoms with Gasteiger partial charge in [-0.3, -0.25) is 4.98 Å². The minimum atomic E-state index is -0.123. The lowest BCUT2D eigenvalue weighted by Gasteiger charge is -2.16. The van der Waals surface area contributed by atoms with Crippen LogP contribution in [0, 0.1) is 5.41 Å². The van der Waals surface area contributed by atoms with Crippen molar-refractivity contribution in [3.05, 3.63) is 102 Å². The first-order valence-electron chi connectivity index (χ1n) is 10.3. The van der Waals surface area contributed by atoms with Crippen LogP contribution in [0.25, 0.3) is 21.9 Å². The van der Waals surface area contributed by atoms with E-state index < -0.39 is 0 Å². The smallest absolute Gasteiger partial charge is 0.324 e. The number of amidine groups is 1. The zero-order chi connectivity index (χ0) is 22.1. The van der Waals surface area contributed by atoms with Crippen molar-refractivity contribution in [2.24, 2.45) is 10.7 Å². The lowest BCUT2D eigenvalue weighted by Crippen LogP contribution is -2.20. The quantitative estimate of drug-likeness (QED) is 0.287. The molecule has 0 aliphatic carbocycles. The number of hydrogen-bond acceptors (Lipinski definition) is 5. The Kier molecular flexibility index (Phi) is 4.95. The molecule has 1 unspecified atom stereocenters. The van der Waals surface area contributed by atoms with Crippen molar-refractivity contribution in [3.8, 4) is 0 Å². The summed E-state index contributed by atoms with van der Waals surface area (Å²) >= 11 is 0. The standard InChI is InChI=1S/C26H21N5O/c1-16(17-12-14-29-15-13-17)23(27)20-8-4-5-9-21(20)25(28)31-26-30-24-19-7-3-2-6-18(19)10-11-22(24)32-26/h2-16,27H,1H3,(H2,28,30,31). The van der Waals surface area contributed by atoms with Gasteiger partial charge in [-0.2, -0.15) is 9.98 Å². The summed E-state index contributed by atoms with van der Waals surface area (Å²) < 4.78 is 5.85. The first-order chi connectivity index (χ1) is 15.6. The number of pyridine rings is 1. The molecule has 6 nitrogen and oxygen atoms in total. The van der Waals surface area contributed by atoms with Gasteiger partial charge >= 0.3 is 6.01 Å². The summed E-state index contributed by atoms with van der Waals surface area (Å²) in [5.41, 5.74) is 10.7. The molecule has 0 radical (unpaired) electrons. The molecule has 1 atom stereocenters. The molecule has 32 heavy (non-hydrogen) atoms. The van der Waals surface area contributed by atoms with Gasteiger partial charge in [-0.1, -0.05) is 61.5 Å². The van der Waals surface area contributed by atoms with E-state index in [4.69, 9.17) is 15.6 Å². The number of benzene rings is 3. The lowest BCUT2D eigenvalue weighted by atomic mass is 9.89. The van der Waals surface area contributed by atoms with Gasteiger partial charge in [-0.05, 0) is 29.1 Å². The van der Waals surface area contributed by atoms with Crippen LogP contribution in [0.15, 0.2) is 94.6 Å². The number of aromatic nitrogens is 2. The van der Waals surface area contributed by atoms with E-state index in [9.17, 15) is 0 Å². The van der Waals surface area contributed by atoms with Crippen LogP contribution in [-0.4, -0.2) is 21.5 Å². The molecule has 156 valence electrons. The van der Waals surface area contributed by atoms with E-state index in [1.54, 1.807) is 12.4 Å². The Labute approximate surface area is 185 Å². The first-order valence-corrected chi connectivity index (χ1v) is 10.3. The summed E-state index contributed by atoms with van der Waals surface area (Å²) in [5.74, 6) is 0.130. The van der Waals surface area contributed by atoms with Crippen LogP contribution >= 0.6 is 0 Å². The van der Waals surface area contributed by atoms with E-state index in [0.717, 1.165) is 27.4 Å². The summed E-state index contributed by atoms with van der Waals surface area (Å²) in [5, 5.41) is 10.9. The minimum Gasteiger partial charge on any atom is -0.422 e. The van der Waals surface area contributed by atoms with E-state index in [1.807, 2.05) is 79.7 Å². The monoisotopic (exact) mass is 419 g/mol. The number of nitrogens with zero attached hydrogens (tertiary/aromatic N) is 3. The summed E-state index contributed by atoms with van der Waals surface area (Å²) in [4.78, 5) is 13.1. The number of nitrogens with two attached hydrogens (primary N) is 1. The van der Waals surface area contributed by atoms with Gasteiger partial charge < -0.3 is 15.6 Å². The minimum absolute atomic E-state index is 0.123. The number of rotatable bonds is 5. The summed E-state index contributed by atoms with van der Waals surface area (Å²) in [6, 6.07) is 23.4. The Morgan fingerprint density at radius 2 is 1.66 bits per heavy atom. The van der Waals surface area contributed by atoms with Crippen molar-refractivity contribution in [1.29, 1.82) is 5.41 Å². The fraction of sp³-hybridized carbons (Fsp3) is 0.0769. The molecule has 0 saturated heterocycles. The topological polar surface area (TPSA) is 101 Å². The number of nitrogens with one attached hydrogen (secondary N) is 1. The molecule has 0 aliphatic rings. The van der Waals surface area contributed by atoms with Crippen molar-refractivity contribution in [3.63, 3.8) is 0 Å². The maximum atomic E-state index is 8.80. The molecule has 0 saturated carbocycles. The molecule has 0 spiro atoms. The Balaban J connectivity index is 1.53. The van der Waals surface area contributed by atoms with Crippen molar-refractivity contribution in [2.75, 3.05) is 0 Å². The molecule has 0 fully saturated rings. The molecular formula is C26H21N5O. The number of oxazole rings is 1. The second-order valence-electron chi connectivity index (χ2n) is 7.59. The third kappa shape index (κ3) is 3.52. The van der Waals surface area contributed by atoms with E-state index in [2.05, 4.69) is 15.0 Å². The van der Waals surface area contributed by atoms with Gasteiger partial charge in [0.05, 0.1) is 0 Å². The molecule has 6 heteroatoms. The van der Waals surface area contributed by atoms with Crippen molar-refractivity contribution in [1.82, 2.24) is 9.97 Å². The van der Waals surface area contributed by atoms with E-state index in [1.165, 1.54) is 0 Å². The van der Waals surface area contributed by atoms with E-state index >= 15 is 0 Å². The van der Waals surface area contributed by atoms with Gasteiger partial charge in [0.15, 0.2) is 5.58 Å². The van der Waals surface area contributed by atoms with Crippen LogP contribution in [0.2, 0.25) is 0 Å². The molecule has 0 bridgehead atoms. The van der Waals surface area contributed by atoms with Crippen molar-refractivity contribution < 1.29 is 4.42 Å². The Morgan fingerprint density at radius 3 is 2.47 bits per heavy atom. The van der Waals surface area contributed by atoms with Gasteiger partial charge in [0, 0.05) is 40.5 Å². The maximum absolute atomic E-state index is 8.80.